The quantitative estimate of drug-likeness (QED) is 0.561. The Balaban J connectivity index is 1.79. The third-order valence-corrected chi connectivity index (χ3v) is 2.74. The molecule has 1 aliphatic rings. The lowest BCUT2D eigenvalue weighted by atomic mass is 10.3. The van der Waals surface area contributed by atoms with Crippen molar-refractivity contribution in [3.63, 3.8) is 0 Å². The highest BCUT2D eigenvalue weighted by molar-refractivity contribution is 4.62. The lowest BCUT2D eigenvalue weighted by Gasteiger charge is -2.26. The van der Waals surface area contributed by atoms with Crippen LogP contribution in [0.25, 0.3) is 0 Å². The van der Waals surface area contributed by atoms with Gasteiger partial charge in [0.25, 0.3) is 0 Å². The minimum absolute atomic E-state index is 0.815. The molecule has 0 atom stereocenters. The SMILES string of the molecule is NCCCCNCCCN1CCOCC1. The second kappa shape index (κ2) is 9.09. The van der Waals surface area contributed by atoms with E-state index < -0.39 is 0 Å². The number of nitrogens with two attached hydrogens (primary N) is 1. The van der Waals surface area contributed by atoms with Gasteiger partial charge in [0.15, 0.2) is 0 Å². The summed E-state index contributed by atoms with van der Waals surface area (Å²) in [6.07, 6.45) is 3.58. The van der Waals surface area contributed by atoms with E-state index in [1.165, 1.54) is 19.4 Å². The molecule has 0 saturated carbocycles. The molecule has 0 bridgehead atoms. The van der Waals surface area contributed by atoms with Crippen LogP contribution in [0.15, 0.2) is 0 Å². The molecule has 90 valence electrons. The van der Waals surface area contributed by atoms with E-state index in [9.17, 15) is 0 Å². The van der Waals surface area contributed by atoms with Crippen molar-refractivity contribution in [3.8, 4) is 0 Å². The Morgan fingerprint density at radius 2 is 1.80 bits per heavy atom. The van der Waals surface area contributed by atoms with E-state index in [0.29, 0.717) is 0 Å². The van der Waals surface area contributed by atoms with Crippen molar-refractivity contribution in [3.05, 3.63) is 0 Å². The van der Waals surface area contributed by atoms with Crippen molar-refractivity contribution < 1.29 is 4.74 Å². The molecule has 1 saturated heterocycles. The number of nitrogens with zero attached hydrogens (tertiary/aromatic N) is 1. The predicted molar refractivity (Wildman–Crippen MR) is 63.0 cm³/mol. The third-order valence-electron chi connectivity index (χ3n) is 2.74. The van der Waals surface area contributed by atoms with Gasteiger partial charge in [-0.15, -0.1) is 0 Å². The number of unbranched alkanes of at least 4 members (excludes halogenated alkanes) is 1. The number of ether oxygens (including phenoxy) is 1. The first kappa shape index (κ1) is 12.9. The highest BCUT2D eigenvalue weighted by Crippen LogP contribution is 1.97. The maximum absolute atomic E-state index is 5.42. The van der Waals surface area contributed by atoms with Gasteiger partial charge < -0.3 is 15.8 Å². The first-order valence-corrected chi connectivity index (χ1v) is 6.14. The number of rotatable bonds is 8. The molecule has 0 aromatic rings. The zero-order valence-electron chi connectivity index (χ0n) is 9.71. The number of hydrogen-bond donors (Lipinski definition) is 2. The van der Waals surface area contributed by atoms with E-state index in [1.807, 2.05) is 0 Å². The van der Waals surface area contributed by atoms with Crippen LogP contribution in [0.2, 0.25) is 0 Å². The number of morpholine rings is 1. The molecular weight excluding hydrogens is 190 g/mol. The van der Waals surface area contributed by atoms with Crippen LogP contribution in [0.1, 0.15) is 19.3 Å². The second-order valence-electron chi connectivity index (χ2n) is 4.05. The third kappa shape index (κ3) is 6.84. The molecule has 0 unspecified atom stereocenters. The monoisotopic (exact) mass is 215 g/mol. The average molecular weight is 215 g/mol. The Morgan fingerprint density at radius 3 is 2.53 bits per heavy atom. The highest BCUT2D eigenvalue weighted by atomic mass is 16.5. The molecule has 4 nitrogen and oxygen atoms in total. The molecule has 0 radical (unpaired) electrons. The molecule has 0 aromatic heterocycles. The molecule has 1 aliphatic heterocycles. The maximum Gasteiger partial charge on any atom is 0.0594 e. The minimum atomic E-state index is 0.815. The van der Waals surface area contributed by atoms with Gasteiger partial charge in [-0.05, 0) is 45.4 Å². The van der Waals surface area contributed by atoms with Gasteiger partial charge in [0, 0.05) is 13.1 Å². The number of nitrogens with one attached hydrogen (secondary N) is 1. The van der Waals surface area contributed by atoms with Gasteiger partial charge in [0.05, 0.1) is 13.2 Å². The molecule has 4 heteroatoms. The molecule has 0 aliphatic carbocycles. The van der Waals surface area contributed by atoms with Crippen molar-refractivity contribution in [1.82, 2.24) is 10.2 Å². The number of hydrogen-bond acceptors (Lipinski definition) is 4. The summed E-state index contributed by atoms with van der Waals surface area (Å²) < 4.78 is 5.30. The molecule has 1 rings (SSSR count). The molecule has 15 heavy (non-hydrogen) atoms. The van der Waals surface area contributed by atoms with Crippen LogP contribution in [0.5, 0.6) is 0 Å². The van der Waals surface area contributed by atoms with Gasteiger partial charge in [0.1, 0.15) is 0 Å². The van der Waals surface area contributed by atoms with Crippen LogP contribution in [0.3, 0.4) is 0 Å². The van der Waals surface area contributed by atoms with Crippen molar-refractivity contribution in [2.75, 3.05) is 52.5 Å². The summed E-state index contributed by atoms with van der Waals surface area (Å²) in [6, 6.07) is 0. The van der Waals surface area contributed by atoms with Crippen LogP contribution in [-0.2, 0) is 4.74 Å². The average Bonchev–Trinajstić information content (AvgIpc) is 2.29. The molecule has 3 N–H and O–H groups in total. The van der Waals surface area contributed by atoms with E-state index in [2.05, 4.69) is 10.2 Å². The Kier molecular flexibility index (Phi) is 7.83. The van der Waals surface area contributed by atoms with Crippen LogP contribution < -0.4 is 11.1 Å². The summed E-state index contributed by atoms with van der Waals surface area (Å²) in [7, 11) is 0. The standard InChI is InChI=1S/C11H25N3O/c12-4-1-2-5-13-6-3-7-14-8-10-15-11-9-14/h13H,1-12H2. The first-order chi connectivity index (χ1) is 7.43. The van der Waals surface area contributed by atoms with Crippen molar-refractivity contribution in [2.24, 2.45) is 5.73 Å². The van der Waals surface area contributed by atoms with Crippen LogP contribution in [0.4, 0.5) is 0 Å². The van der Waals surface area contributed by atoms with Crippen LogP contribution in [0, 0.1) is 0 Å². The summed E-state index contributed by atoms with van der Waals surface area (Å²) in [4.78, 5) is 2.48. The first-order valence-electron chi connectivity index (χ1n) is 6.14. The van der Waals surface area contributed by atoms with Crippen LogP contribution in [-0.4, -0.2) is 57.4 Å². The predicted octanol–water partition coefficient (Wildman–Crippen LogP) is 0.0372. The zero-order valence-corrected chi connectivity index (χ0v) is 9.71. The molecular formula is C11H25N3O. The van der Waals surface area contributed by atoms with E-state index in [1.54, 1.807) is 0 Å². The normalized spacial score (nSPS) is 18.2. The lowest BCUT2D eigenvalue weighted by Crippen LogP contribution is -2.37. The fourth-order valence-corrected chi connectivity index (χ4v) is 1.77. The highest BCUT2D eigenvalue weighted by Gasteiger charge is 2.08. The van der Waals surface area contributed by atoms with Crippen molar-refractivity contribution >= 4 is 0 Å². The minimum Gasteiger partial charge on any atom is -0.379 e. The van der Waals surface area contributed by atoms with Crippen molar-refractivity contribution in [1.29, 1.82) is 0 Å². The molecule has 1 fully saturated rings. The maximum atomic E-state index is 5.42. The fourth-order valence-electron chi connectivity index (χ4n) is 1.77. The van der Waals surface area contributed by atoms with Gasteiger partial charge in [0.2, 0.25) is 0 Å². The van der Waals surface area contributed by atoms with Gasteiger partial charge in [-0.3, -0.25) is 4.90 Å². The summed E-state index contributed by atoms with van der Waals surface area (Å²) >= 11 is 0. The van der Waals surface area contributed by atoms with Gasteiger partial charge in [-0.1, -0.05) is 0 Å². The molecule has 0 amide bonds. The zero-order chi connectivity index (χ0) is 10.8. The van der Waals surface area contributed by atoms with Crippen LogP contribution >= 0.6 is 0 Å². The Labute approximate surface area is 93.1 Å². The fraction of sp³-hybridized carbons (Fsp3) is 1.00. The van der Waals surface area contributed by atoms with E-state index in [0.717, 1.165) is 52.4 Å². The summed E-state index contributed by atoms with van der Waals surface area (Å²) in [6.45, 7) is 8.28. The Bertz CT molecular complexity index is 138. The molecule has 0 spiro atoms. The molecule has 1 heterocycles. The van der Waals surface area contributed by atoms with E-state index >= 15 is 0 Å². The second-order valence-corrected chi connectivity index (χ2v) is 4.05. The van der Waals surface area contributed by atoms with E-state index in [-0.39, 0.29) is 0 Å². The summed E-state index contributed by atoms with van der Waals surface area (Å²) in [5, 5.41) is 3.45. The van der Waals surface area contributed by atoms with E-state index in [4.69, 9.17) is 10.5 Å². The Morgan fingerprint density at radius 1 is 1.07 bits per heavy atom. The van der Waals surface area contributed by atoms with Gasteiger partial charge in [-0.25, -0.2) is 0 Å². The van der Waals surface area contributed by atoms with Crippen molar-refractivity contribution in [2.45, 2.75) is 19.3 Å². The van der Waals surface area contributed by atoms with Gasteiger partial charge >= 0.3 is 0 Å². The largest absolute Gasteiger partial charge is 0.379 e. The lowest BCUT2D eigenvalue weighted by molar-refractivity contribution is 0.0374. The smallest absolute Gasteiger partial charge is 0.0594 e. The Hall–Kier alpha value is -0.160. The summed E-state index contributed by atoms with van der Waals surface area (Å²) in [5.41, 5.74) is 5.42. The van der Waals surface area contributed by atoms with Gasteiger partial charge in [-0.2, -0.15) is 0 Å². The summed E-state index contributed by atoms with van der Waals surface area (Å²) in [5.74, 6) is 0. The topological polar surface area (TPSA) is 50.5 Å². The molecule has 0 aromatic carbocycles.